The fourth-order valence-electron chi connectivity index (χ4n) is 3.02. The number of benzene rings is 1. The van der Waals surface area contributed by atoms with E-state index in [0.717, 1.165) is 28.6 Å². The zero-order valence-corrected chi connectivity index (χ0v) is 16.3. The van der Waals surface area contributed by atoms with E-state index < -0.39 is 0 Å². The maximum absolute atomic E-state index is 9.11. The molecule has 3 heterocycles. The van der Waals surface area contributed by atoms with Gasteiger partial charge in [0.05, 0.1) is 19.8 Å². The molecule has 1 fully saturated rings. The summed E-state index contributed by atoms with van der Waals surface area (Å²) in [7, 11) is 0. The number of anilines is 1. The Hall–Kier alpha value is -2.42. The van der Waals surface area contributed by atoms with Crippen molar-refractivity contribution in [3.63, 3.8) is 0 Å². The molecule has 3 aromatic rings. The molecule has 1 saturated heterocycles. The van der Waals surface area contributed by atoms with Gasteiger partial charge in [0, 0.05) is 42.2 Å². The molecule has 2 aromatic heterocycles. The number of aliphatic hydroxyl groups excluding tert-OH is 2. The van der Waals surface area contributed by atoms with Gasteiger partial charge in [-0.05, 0) is 31.1 Å². The Morgan fingerprint density at radius 2 is 2.04 bits per heavy atom. The van der Waals surface area contributed by atoms with Crippen molar-refractivity contribution in [1.82, 2.24) is 9.97 Å². The van der Waals surface area contributed by atoms with Crippen LogP contribution in [-0.2, 0) is 0 Å². The van der Waals surface area contributed by atoms with Gasteiger partial charge in [0.25, 0.3) is 0 Å². The van der Waals surface area contributed by atoms with Crippen molar-refractivity contribution in [2.45, 2.75) is 12.8 Å². The molecule has 7 nitrogen and oxygen atoms in total. The highest BCUT2D eigenvalue weighted by Gasteiger charge is 2.15. The number of fused-ring (bicyclic) bond motifs is 1. The van der Waals surface area contributed by atoms with Gasteiger partial charge < -0.3 is 24.3 Å². The Bertz CT molecular complexity index is 942. The highest BCUT2D eigenvalue weighted by Crippen LogP contribution is 2.28. The lowest BCUT2D eigenvalue weighted by molar-refractivity contribution is 0.106. The summed E-state index contributed by atoms with van der Waals surface area (Å²) in [5.74, 6) is 0.837. The van der Waals surface area contributed by atoms with Crippen LogP contribution in [0.3, 0.4) is 0 Å². The number of oxazole rings is 1. The first kappa shape index (κ1) is 18.9. The molecule has 0 atom stereocenters. The molecule has 1 aromatic carbocycles. The number of hydrogen-bond donors (Lipinski definition) is 2. The molecule has 0 bridgehead atoms. The predicted octanol–water partition coefficient (Wildman–Crippen LogP) is 3.03. The summed E-state index contributed by atoms with van der Waals surface area (Å²) in [5.41, 5.74) is 1.37. The normalized spacial score (nSPS) is 14.8. The van der Waals surface area contributed by atoms with E-state index in [2.05, 4.69) is 14.9 Å². The van der Waals surface area contributed by atoms with Gasteiger partial charge in [0.15, 0.2) is 10.7 Å². The predicted molar refractivity (Wildman–Crippen MR) is 110 cm³/mol. The van der Waals surface area contributed by atoms with Crippen LogP contribution in [0, 0.1) is 5.92 Å². The number of aromatic nitrogens is 2. The Kier molecular flexibility index (Phi) is 5.90. The third-order valence-corrected chi connectivity index (χ3v) is 5.68. The van der Waals surface area contributed by atoms with Crippen LogP contribution in [0.1, 0.15) is 23.6 Å². The topological polar surface area (TPSA) is 91.8 Å². The van der Waals surface area contributed by atoms with E-state index in [4.69, 9.17) is 19.4 Å². The third-order valence-electron chi connectivity index (χ3n) is 4.66. The number of hydrogen-bond acceptors (Lipinski definition) is 8. The van der Waals surface area contributed by atoms with Gasteiger partial charge in [-0.3, -0.25) is 0 Å². The van der Waals surface area contributed by atoms with Crippen molar-refractivity contribution in [2.24, 2.45) is 5.92 Å². The number of ether oxygens (including phenoxy) is 1. The Morgan fingerprint density at radius 3 is 2.82 bits per heavy atom. The molecule has 4 rings (SSSR count). The standard InChI is InChI=1S/C20H23N3O4S/c24-11-14(12-25)13-26-15-3-5-17-18(9-15)27-19(22-17)6-4-16-10-21-20(28-16)23-7-1-2-8-23/h3-6,9-10,14,24-25H,1-2,7-8,11-13H2/b6-4+. The van der Waals surface area contributed by atoms with Crippen LogP contribution in [-0.4, -0.2) is 53.1 Å². The average Bonchev–Trinajstić information content (AvgIpc) is 3.46. The van der Waals surface area contributed by atoms with Gasteiger partial charge >= 0.3 is 0 Å². The summed E-state index contributed by atoms with van der Waals surface area (Å²) in [6.07, 6.45) is 8.16. The van der Waals surface area contributed by atoms with Gasteiger partial charge in [-0.1, -0.05) is 11.3 Å². The minimum absolute atomic E-state index is 0.118. The second kappa shape index (κ2) is 8.72. The van der Waals surface area contributed by atoms with E-state index in [1.54, 1.807) is 23.5 Å². The summed E-state index contributed by atoms with van der Waals surface area (Å²) >= 11 is 1.67. The number of rotatable bonds is 8. The molecule has 0 amide bonds. The molecule has 0 unspecified atom stereocenters. The summed E-state index contributed by atoms with van der Waals surface area (Å²) < 4.78 is 11.4. The van der Waals surface area contributed by atoms with Crippen LogP contribution >= 0.6 is 11.3 Å². The van der Waals surface area contributed by atoms with Crippen LogP contribution in [0.25, 0.3) is 23.3 Å². The summed E-state index contributed by atoms with van der Waals surface area (Å²) in [5, 5.41) is 19.3. The van der Waals surface area contributed by atoms with Crippen LogP contribution in [0.5, 0.6) is 5.75 Å². The lowest BCUT2D eigenvalue weighted by Crippen LogP contribution is -2.19. The van der Waals surface area contributed by atoms with E-state index >= 15 is 0 Å². The first-order chi connectivity index (χ1) is 13.7. The molecule has 1 aliphatic heterocycles. The zero-order chi connectivity index (χ0) is 19.3. The van der Waals surface area contributed by atoms with Crippen molar-refractivity contribution < 1.29 is 19.4 Å². The highest BCUT2D eigenvalue weighted by molar-refractivity contribution is 7.16. The number of thiazole rings is 1. The molecule has 0 spiro atoms. The highest BCUT2D eigenvalue weighted by atomic mass is 32.1. The monoisotopic (exact) mass is 401 g/mol. The first-order valence-electron chi connectivity index (χ1n) is 9.39. The molecule has 0 radical (unpaired) electrons. The van der Waals surface area contributed by atoms with E-state index in [-0.39, 0.29) is 25.7 Å². The quantitative estimate of drug-likeness (QED) is 0.599. The van der Waals surface area contributed by atoms with Crippen LogP contribution in [0.15, 0.2) is 28.8 Å². The fraction of sp³-hybridized carbons (Fsp3) is 0.400. The maximum Gasteiger partial charge on any atom is 0.220 e. The molecule has 0 saturated carbocycles. The molecular weight excluding hydrogens is 378 g/mol. The molecule has 0 aliphatic carbocycles. The van der Waals surface area contributed by atoms with Gasteiger partial charge in [-0.15, -0.1) is 0 Å². The van der Waals surface area contributed by atoms with Crippen molar-refractivity contribution >= 4 is 39.7 Å². The Morgan fingerprint density at radius 1 is 1.21 bits per heavy atom. The molecule has 8 heteroatoms. The third kappa shape index (κ3) is 4.35. The number of aliphatic hydroxyl groups is 2. The average molecular weight is 401 g/mol. The minimum atomic E-state index is -0.297. The largest absolute Gasteiger partial charge is 0.493 e. The van der Waals surface area contributed by atoms with E-state index in [1.165, 1.54) is 12.8 Å². The second-order valence-corrected chi connectivity index (χ2v) is 7.84. The molecule has 1 aliphatic rings. The molecular formula is C20H23N3O4S. The van der Waals surface area contributed by atoms with E-state index in [0.29, 0.717) is 17.2 Å². The first-order valence-corrected chi connectivity index (χ1v) is 10.2. The van der Waals surface area contributed by atoms with Crippen molar-refractivity contribution in [2.75, 3.05) is 37.8 Å². The zero-order valence-electron chi connectivity index (χ0n) is 15.5. The molecule has 2 N–H and O–H groups in total. The summed E-state index contributed by atoms with van der Waals surface area (Å²) in [6.45, 7) is 2.18. The van der Waals surface area contributed by atoms with Crippen LogP contribution in [0.4, 0.5) is 5.13 Å². The summed E-state index contributed by atoms with van der Waals surface area (Å²) in [4.78, 5) is 12.4. The minimum Gasteiger partial charge on any atom is -0.493 e. The molecule has 148 valence electrons. The smallest absolute Gasteiger partial charge is 0.220 e. The fourth-order valence-corrected chi connectivity index (χ4v) is 3.89. The van der Waals surface area contributed by atoms with Crippen LogP contribution < -0.4 is 9.64 Å². The molecule has 28 heavy (non-hydrogen) atoms. The van der Waals surface area contributed by atoms with E-state index in [1.807, 2.05) is 24.4 Å². The van der Waals surface area contributed by atoms with Gasteiger partial charge in [0.1, 0.15) is 11.3 Å². The second-order valence-electron chi connectivity index (χ2n) is 6.80. The van der Waals surface area contributed by atoms with Crippen molar-refractivity contribution in [3.8, 4) is 5.75 Å². The Labute approximate surface area is 166 Å². The van der Waals surface area contributed by atoms with Gasteiger partial charge in [0.2, 0.25) is 5.89 Å². The SMILES string of the molecule is OCC(CO)COc1ccc2nc(/C=C/c3cnc(N4CCCC4)s3)oc2c1. The van der Waals surface area contributed by atoms with E-state index in [9.17, 15) is 0 Å². The number of nitrogens with zero attached hydrogens (tertiary/aromatic N) is 3. The van der Waals surface area contributed by atoms with Crippen molar-refractivity contribution in [1.29, 1.82) is 0 Å². The van der Waals surface area contributed by atoms with Gasteiger partial charge in [-0.2, -0.15) is 0 Å². The maximum atomic E-state index is 9.11. The van der Waals surface area contributed by atoms with Crippen molar-refractivity contribution in [3.05, 3.63) is 35.2 Å². The van der Waals surface area contributed by atoms with Crippen LogP contribution in [0.2, 0.25) is 0 Å². The Balaban J connectivity index is 1.43. The lowest BCUT2D eigenvalue weighted by atomic mass is 10.2. The summed E-state index contributed by atoms with van der Waals surface area (Å²) in [6, 6.07) is 5.40. The lowest BCUT2D eigenvalue weighted by Gasteiger charge is -2.12. The van der Waals surface area contributed by atoms with Gasteiger partial charge in [-0.25, -0.2) is 9.97 Å².